The van der Waals surface area contributed by atoms with Crippen LogP contribution in [0.25, 0.3) is 0 Å². The largest absolute Gasteiger partial charge is 0.195 e. The maximum Gasteiger partial charge on any atom is 0.176 e. The van der Waals surface area contributed by atoms with Crippen LogP contribution in [0.1, 0.15) is 0 Å². The average molecular weight is 349 g/mol. The molecule has 1 aromatic rings. The molecular weight excluding hydrogens is 320 g/mol. The molecule has 0 aromatic carbocycles. The fourth-order valence-electron chi connectivity index (χ4n) is 5.00. The summed E-state index contributed by atoms with van der Waals surface area (Å²) in [6.07, 6.45) is 0. The number of thiophene rings is 1. The topological polar surface area (TPSA) is 0 Å². The molecule has 0 atom stereocenters. The Labute approximate surface area is 125 Å². The SMILES string of the molecule is C[Si](C)(C)[Si](c1ccc(F)s1)([Si](C)(C)C)[Si](C)(C)C. The van der Waals surface area contributed by atoms with E-state index in [4.69, 9.17) is 0 Å². The lowest BCUT2D eigenvalue weighted by Gasteiger charge is -2.56. The zero-order valence-electron chi connectivity index (χ0n) is 13.9. The van der Waals surface area contributed by atoms with Crippen LogP contribution in [-0.4, -0.2) is 29.4 Å². The molecule has 110 valence electrons. The zero-order valence-corrected chi connectivity index (χ0v) is 18.8. The number of hydrogen-bond acceptors (Lipinski definition) is 1. The lowest BCUT2D eigenvalue weighted by atomic mass is 10.7. The van der Waals surface area contributed by atoms with Crippen LogP contribution in [0, 0.1) is 5.13 Å². The number of halogens is 1. The second-order valence-electron chi connectivity index (χ2n) is 8.60. The van der Waals surface area contributed by atoms with E-state index in [-0.39, 0.29) is 5.13 Å². The standard InChI is InChI=1S/C13H29FSSi4/c1-16(2,3)19(17(4,5)6,18(7,8)9)13-11-10-12(14)15-13/h10-11H,1-9H3. The summed E-state index contributed by atoms with van der Waals surface area (Å²) >= 11 is 1.47. The van der Waals surface area contributed by atoms with E-state index in [2.05, 4.69) is 65.0 Å². The fraction of sp³-hybridized carbons (Fsp3) is 0.692. The van der Waals surface area contributed by atoms with Gasteiger partial charge in [-0.25, -0.2) is 0 Å². The molecule has 1 heterocycles. The van der Waals surface area contributed by atoms with E-state index in [1.54, 1.807) is 6.07 Å². The summed E-state index contributed by atoms with van der Waals surface area (Å²) in [5.74, 6) is 0. The molecule has 0 spiro atoms. The Morgan fingerprint density at radius 2 is 1.11 bits per heavy atom. The van der Waals surface area contributed by atoms with E-state index in [0.717, 1.165) is 0 Å². The number of rotatable bonds is 4. The van der Waals surface area contributed by atoms with E-state index in [0.29, 0.717) is 0 Å². The van der Waals surface area contributed by atoms with Crippen molar-refractivity contribution in [1.82, 2.24) is 0 Å². The van der Waals surface area contributed by atoms with E-state index in [1.165, 1.54) is 15.8 Å². The molecule has 0 unspecified atom stereocenters. The monoisotopic (exact) mass is 348 g/mol. The molecule has 0 aliphatic carbocycles. The van der Waals surface area contributed by atoms with Crippen LogP contribution in [-0.2, 0) is 0 Å². The van der Waals surface area contributed by atoms with Gasteiger partial charge in [0.2, 0.25) is 0 Å². The lowest BCUT2D eigenvalue weighted by Crippen LogP contribution is -2.87. The third kappa shape index (κ3) is 2.79. The van der Waals surface area contributed by atoms with Gasteiger partial charge in [0.1, 0.15) is 0 Å². The first kappa shape index (κ1) is 17.5. The summed E-state index contributed by atoms with van der Waals surface area (Å²) < 4.78 is 15.2. The molecule has 0 fully saturated rings. The lowest BCUT2D eigenvalue weighted by molar-refractivity contribution is 0.657. The maximum absolute atomic E-state index is 13.7. The zero-order chi connectivity index (χ0) is 15.3. The van der Waals surface area contributed by atoms with Crippen molar-refractivity contribution in [3.63, 3.8) is 0 Å². The first-order valence-electron chi connectivity index (χ1n) is 7.01. The normalized spacial score (nSPS) is 14.8. The Morgan fingerprint density at radius 3 is 1.32 bits per heavy atom. The second-order valence-corrected chi connectivity index (χ2v) is 50.3. The van der Waals surface area contributed by atoms with Gasteiger partial charge < -0.3 is 0 Å². The Bertz CT molecular complexity index is 412. The quantitative estimate of drug-likeness (QED) is 0.686. The van der Waals surface area contributed by atoms with Crippen LogP contribution in [0.4, 0.5) is 4.39 Å². The van der Waals surface area contributed by atoms with Crippen LogP contribution in [0.2, 0.25) is 58.9 Å². The molecule has 1 rings (SSSR count). The van der Waals surface area contributed by atoms with Gasteiger partial charge in [0, 0.05) is 22.8 Å². The Kier molecular flexibility index (Phi) is 4.66. The molecule has 0 amide bonds. The molecular formula is C13H29FSSi4. The summed E-state index contributed by atoms with van der Waals surface area (Å²) in [7, 11) is -3.99. The van der Waals surface area contributed by atoms with Gasteiger partial charge in [-0.05, 0) is 10.6 Å². The fourth-order valence-corrected chi connectivity index (χ4v) is 114. The van der Waals surface area contributed by atoms with Crippen LogP contribution < -0.4 is 4.50 Å². The van der Waals surface area contributed by atoms with Gasteiger partial charge in [0.25, 0.3) is 0 Å². The molecule has 0 radical (unpaired) electrons. The Hall–Kier alpha value is 0.498. The third-order valence-corrected chi connectivity index (χ3v) is 78.7. The highest BCUT2D eigenvalue weighted by atomic mass is 32.1. The van der Waals surface area contributed by atoms with Crippen molar-refractivity contribution in [2.45, 2.75) is 58.9 Å². The van der Waals surface area contributed by atoms with Crippen molar-refractivity contribution in [2.75, 3.05) is 0 Å². The Morgan fingerprint density at radius 1 is 0.737 bits per heavy atom. The highest BCUT2D eigenvalue weighted by Gasteiger charge is 2.63. The highest BCUT2D eigenvalue weighted by Crippen LogP contribution is 2.37. The molecule has 0 N–H and O–H groups in total. The first-order valence-corrected chi connectivity index (χ1v) is 23.3. The smallest absolute Gasteiger partial charge is 0.176 e. The van der Waals surface area contributed by atoms with Crippen LogP contribution in [0.5, 0.6) is 0 Å². The van der Waals surface area contributed by atoms with Gasteiger partial charge >= 0.3 is 0 Å². The predicted octanol–water partition coefficient (Wildman–Crippen LogP) is 4.79. The van der Waals surface area contributed by atoms with Crippen molar-refractivity contribution in [3.8, 4) is 0 Å². The van der Waals surface area contributed by atoms with Gasteiger partial charge in [0.15, 0.2) is 5.13 Å². The van der Waals surface area contributed by atoms with Crippen LogP contribution in [0.3, 0.4) is 0 Å². The summed E-state index contributed by atoms with van der Waals surface area (Å²) in [5, 5.41) is 0.0154. The van der Waals surface area contributed by atoms with Crippen molar-refractivity contribution >= 4 is 45.2 Å². The van der Waals surface area contributed by atoms with Gasteiger partial charge in [-0.1, -0.05) is 65.0 Å². The van der Waals surface area contributed by atoms with E-state index >= 15 is 0 Å². The molecule has 19 heavy (non-hydrogen) atoms. The summed E-state index contributed by atoms with van der Waals surface area (Å²) in [5.41, 5.74) is 0. The van der Waals surface area contributed by atoms with Gasteiger partial charge in [-0.2, -0.15) is 4.39 Å². The predicted molar refractivity (Wildman–Crippen MR) is 99.7 cm³/mol. The first-order chi connectivity index (χ1) is 8.25. The Balaban J connectivity index is 3.75. The average Bonchev–Trinajstić information content (AvgIpc) is 2.43. The van der Waals surface area contributed by atoms with E-state index in [9.17, 15) is 4.39 Å². The van der Waals surface area contributed by atoms with Crippen molar-refractivity contribution in [2.24, 2.45) is 0 Å². The summed E-state index contributed by atoms with van der Waals surface area (Å²) in [4.78, 5) is 0. The summed E-state index contributed by atoms with van der Waals surface area (Å²) in [6, 6.07) is 3.86. The minimum atomic E-state index is -1.56. The van der Waals surface area contributed by atoms with Crippen molar-refractivity contribution in [3.05, 3.63) is 17.3 Å². The molecule has 0 bridgehead atoms. The van der Waals surface area contributed by atoms with Gasteiger partial charge in [0.05, 0.1) is 6.63 Å². The van der Waals surface area contributed by atoms with E-state index in [1.807, 2.05) is 0 Å². The van der Waals surface area contributed by atoms with Gasteiger partial charge in [-0.15, -0.1) is 11.3 Å². The second kappa shape index (κ2) is 5.05. The maximum atomic E-state index is 13.7. The number of hydrogen-bond donors (Lipinski definition) is 0. The molecule has 6 heteroatoms. The summed E-state index contributed by atoms with van der Waals surface area (Å²) in [6.45, 7) is 21.4. The molecule has 1 aromatic heterocycles. The molecule has 0 saturated heterocycles. The molecule has 0 aliphatic heterocycles. The van der Waals surface area contributed by atoms with Gasteiger partial charge in [-0.3, -0.25) is 0 Å². The van der Waals surface area contributed by atoms with Crippen molar-refractivity contribution in [1.29, 1.82) is 0 Å². The molecule has 0 aliphatic rings. The minimum absolute atomic E-state index is 0.0154. The third-order valence-electron chi connectivity index (χ3n) is 4.32. The van der Waals surface area contributed by atoms with Crippen LogP contribution >= 0.6 is 11.3 Å². The van der Waals surface area contributed by atoms with E-state index < -0.39 is 29.4 Å². The van der Waals surface area contributed by atoms with Crippen LogP contribution in [0.15, 0.2) is 12.1 Å². The minimum Gasteiger partial charge on any atom is -0.195 e. The van der Waals surface area contributed by atoms with Crippen molar-refractivity contribution < 1.29 is 4.39 Å². The highest BCUT2D eigenvalue weighted by molar-refractivity contribution is 7.94. The molecule has 0 saturated carbocycles. The molecule has 0 nitrogen and oxygen atoms in total.